The lowest BCUT2D eigenvalue weighted by atomic mass is 9.99. The molecule has 0 saturated carbocycles. The van der Waals surface area contributed by atoms with Gasteiger partial charge in [0.25, 0.3) is 0 Å². The smallest absolute Gasteiger partial charge is 0.335 e. The quantitative estimate of drug-likeness (QED) is 0.331. The number of carboxylic acids is 1. The molecule has 2 N–H and O–H groups in total. The van der Waals surface area contributed by atoms with E-state index in [1.54, 1.807) is 36.4 Å². The number of hydrogen-bond acceptors (Lipinski definition) is 8. The van der Waals surface area contributed by atoms with Gasteiger partial charge in [0.05, 0.1) is 41.1 Å². The van der Waals surface area contributed by atoms with Crippen molar-refractivity contribution in [1.29, 1.82) is 0 Å². The molecule has 0 saturated heterocycles. The first-order chi connectivity index (χ1) is 17.9. The van der Waals surface area contributed by atoms with Gasteiger partial charge in [0.2, 0.25) is 5.75 Å². The molecule has 0 bridgehead atoms. The van der Waals surface area contributed by atoms with Gasteiger partial charge in [-0.25, -0.2) is 4.79 Å². The molecule has 0 aromatic heterocycles. The zero-order valence-corrected chi connectivity index (χ0v) is 22.1. The summed E-state index contributed by atoms with van der Waals surface area (Å²) in [7, 11) is 7.44. The predicted molar refractivity (Wildman–Crippen MR) is 141 cm³/mol. The average molecular weight is 512 g/mol. The minimum Gasteiger partial charge on any atom is -0.493 e. The third-order valence-electron chi connectivity index (χ3n) is 5.38. The number of ketones is 1. The van der Waals surface area contributed by atoms with E-state index >= 15 is 0 Å². The molecule has 0 heterocycles. The van der Waals surface area contributed by atoms with Gasteiger partial charge in [-0.15, -0.1) is 0 Å². The van der Waals surface area contributed by atoms with Crippen LogP contribution in [0.5, 0.6) is 28.7 Å². The molecule has 0 atom stereocenters. The maximum absolute atomic E-state index is 13.6. The van der Waals surface area contributed by atoms with E-state index in [0.29, 0.717) is 52.1 Å². The van der Waals surface area contributed by atoms with Gasteiger partial charge in [-0.3, -0.25) is 4.79 Å². The van der Waals surface area contributed by atoms with Gasteiger partial charge in [0.15, 0.2) is 28.8 Å². The van der Waals surface area contributed by atoms with E-state index in [2.05, 4.69) is 5.32 Å². The van der Waals surface area contributed by atoms with Crippen molar-refractivity contribution in [3.8, 4) is 28.7 Å². The second kappa shape index (κ2) is 13.6. The molecule has 9 heteroatoms. The lowest BCUT2D eigenvalue weighted by Gasteiger charge is -2.17. The number of carbonyl (C=O) groups excluding carboxylic acids is 1. The third kappa shape index (κ3) is 6.63. The van der Waals surface area contributed by atoms with Crippen molar-refractivity contribution < 1.29 is 38.4 Å². The van der Waals surface area contributed by atoms with Crippen molar-refractivity contribution in [3.63, 3.8) is 0 Å². The summed E-state index contributed by atoms with van der Waals surface area (Å²) in [5, 5.41) is 12.3. The number of carbonyl (C=O) groups is 2. The van der Waals surface area contributed by atoms with Gasteiger partial charge in [-0.1, -0.05) is 26.0 Å². The van der Waals surface area contributed by atoms with Crippen LogP contribution in [-0.2, 0) is 6.54 Å². The van der Waals surface area contributed by atoms with Gasteiger partial charge in [0.1, 0.15) is 0 Å². The SMILES string of the molecule is CC.COc1cc(NCc2ccc(C(=O)O)cc2)c(C(=O)c2cc(OC)c(OC)c(OC)c2)cc1OC. The minimum absolute atomic E-state index is 0.193. The summed E-state index contributed by atoms with van der Waals surface area (Å²) in [5.74, 6) is 0.600. The second-order valence-corrected chi connectivity index (χ2v) is 7.35. The molecule has 0 aliphatic rings. The summed E-state index contributed by atoms with van der Waals surface area (Å²) >= 11 is 0. The van der Waals surface area contributed by atoms with Crippen LogP contribution in [0.25, 0.3) is 0 Å². The van der Waals surface area contributed by atoms with Crippen LogP contribution in [0.15, 0.2) is 48.5 Å². The Morgan fingerprint density at radius 1 is 0.703 bits per heavy atom. The number of benzene rings is 3. The van der Waals surface area contributed by atoms with Crippen molar-refractivity contribution in [2.45, 2.75) is 20.4 Å². The van der Waals surface area contributed by atoms with Crippen molar-refractivity contribution in [3.05, 3.63) is 70.8 Å². The number of rotatable bonds is 11. The van der Waals surface area contributed by atoms with Crippen LogP contribution in [0.3, 0.4) is 0 Å². The first-order valence-electron chi connectivity index (χ1n) is 11.5. The van der Waals surface area contributed by atoms with Gasteiger partial charge >= 0.3 is 5.97 Å². The fourth-order valence-electron chi connectivity index (χ4n) is 3.54. The van der Waals surface area contributed by atoms with Crippen LogP contribution >= 0.6 is 0 Å². The summed E-state index contributed by atoms with van der Waals surface area (Å²) in [6.07, 6.45) is 0. The van der Waals surface area contributed by atoms with E-state index in [4.69, 9.17) is 28.8 Å². The first kappa shape index (κ1) is 28.8. The average Bonchev–Trinajstić information content (AvgIpc) is 2.95. The topological polar surface area (TPSA) is 113 Å². The van der Waals surface area contributed by atoms with Crippen LogP contribution in [0.1, 0.15) is 45.7 Å². The summed E-state index contributed by atoms with van der Waals surface area (Å²) in [6.45, 7) is 4.34. The summed E-state index contributed by atoms with van der Waals surface area (Å²) in [6, 6.07) is 12.9. The fourth-order valence-corrected chi connectivity index (χ4v) is 3.54. The lowest BCUT2D eigenvalue weighted by molar-refractivity contribution is 0.0696. The number of carboxylic acid groups (broad SMARTS) is 1. The highest BCUT2D eigenvalue weighted by atomic mass is 16.5. The van der Waals surface area contributed by atoms with E-state index < -0.39 is 5.97 Å². The molecule has 9 nitrogen and oxygen atoms in total. The van der Waals surface area contributed by atoms with Crippen LogP contribution in [0, 0.1) is 0 Å². The highest BCUT2D eigenvalue weighted by molar-refractivity contribution is 6.13. The Hall–Kier alpha value is -4.40. The predicted octanol–water partition coefficient (Wildman–Crippen LogP) is 5.30. The van der Waals surface area contributed by atoms with Crippen LogP contribution in [0.4, 0.5) is 5.69 Å². The van der Waals surface area contributed by atoms with Crippen LogP contribution < -0.4 is 29.0 Å². The Morgan fingerprint density at radius 2 is 1.22 bits per heavy atom. The van der Waals surface area contributed by atoms with Crippen molar-refractivity contribution in [2.24, 2.45) is 0 Å². The standard InChI is InChI=1S/C26H27NO8.C2H6/c1-31-20-12-18(24(28)17-10-22(33-3)25(35-5)23(11-17)34-4)19(13-21(20)32-2)27-14-15-6-8-16(9-7-15)26(29)30;1-2/h6-13,27H,14H2,1-5H3,(H,29,30);1-2H3. The van der Waals surface area contributed by atoms with E-state index in [1.165, 1.54) is 47.7 Å². The van der Waals surface area contributed by atoms with Crippen LogP contribution in [0.2, 0.25) is 0 Å². The van der Waals surface area contributed by atoms with E-state index in [1.807, 2.05) is 13.8 Å². The molecule has 0 unspecified atom stereocenters. The molecular formula is C28H33NO8. The molecule has 3 aromatic carbocycles. The molecule has 0 aliphatic carbocycles. The van der Waals surface area contributed by atoms with Gasteiger partial charge in [-0.05, 0) is 35.9 Å². The number of aromatic carboxylic acids is 1. The van der Waals surface area contributed by atoms with Crippen molar-refractivity contribution >= 4 is 17.4 Å². The molecule has 0 spiro atoms. The minimum atomic E-state index is -0.998. The molecule has 0 amide bonds. The monoisotopic (exact) mass is 511 g/mol. The Kier molecular flexibility index (Phi) is 10.6. The molecule has 3 aromatic rings. The normalized spacial score (nSPS) is 9.92. The van der Waals surface area contributed by atoms with Crippen LogP contribution in [-0.4, -0.2) is 52.4 Å². The molecular weight excluding hydrogens is 478 g/mol. The number of methoxy groups -OCH3 is 5. The second-order valence-electron chi connectivity index (χ2n) is 7.35. The zero-order valence-electron chi connectivity index (χ0n) is 22.1. The first-order valence-corrected chi connectivity index (χ1v) is 11.5. The Labute approximate surface area is 216 Å². The van der Waals surface area contributed by atoms with Crippen molar-refractivity contribution in [2.75, 3.05) is 40.9 Å². The number of ether oxygens (including phenoxy) is 5. The highest BCUT2D eigenvalue weighted by Gasteiger charge is 2.22. The fraction of sp³-hybridized carbons (Fsp3) is 0.286. The van der Waals surface area contributed by atoms with E-state index in [-0.39, 0.29) is 11.3 Å². The Bertz CT molecular complexity index is 1200. The maximum Gasteiger partial charge on any atom is 0.335 e. The van der Waals surface area contributed by atoms with Gasteiger partial charge in [-0.2, -0.15) is 0 Å². The number of hydrogen-bond donors (Lipinski definition) is 2. The van der Waals surface area contributed by atoms with E-state index in [0.717, 1.165) is 5.56 Å². The van der Waals surface area contributed by atoms with Gasteiger partial charge in [0, 0.05) is 29.4 Å². The molecule has 37 heavy (non-hydrogen) atoms. The number of nitrogens with one attached hydrogen (secondary N) is 1. The molecule has 198 valence electrons. The molecule has 0 fully saturated rings. The Morgan fingerprint density at radius 3 is 1.68 bits per heavy atom. The summed E-state index contributed by atoms with van der Waals surface area (Å²) < 4.78 is 27.0. The summed E-state index contributed by atoms with van der Waals surface area (Å²) in [5.41, 5.74) is 2.18. The lowest BCUT2D eigenvalue weighted by Crippen LogP contribution is -2.10. The maximum atomic E-state index is 13.6. The third-order valence-corrected chi connectivity index (χ3v) is 5.38. The summed E-state index contributed by atoms with van der Waals surface area (Å²) in [4.78, 5) is 24.8. The van der Waals surface area contributed by atoms with Gasteiger partial charge < -0.3 is 34.1 Å². The van der Waals surface area contributed by atoms with E-state index in [9.17, 15) is 9.59 Å². The molecule has 3 rings (SSSR count). The molecule has 0 aliphatic heterocycles. The Balaban J connectivity index is 0.00000235. The zero-order chi connectivity index (χ0) is 27.5. The van der Waals surface area contributed by atoms with Crippen molar-refractivity contribution in [1.82, 2.24) is 0 Å². The largest absolute Gasteiger partial charge is 0.493 e. The molecule has 0 radical (unpaired) electrons. The number of anilines is 1. The highest BCUT2D eigenvalue weighted by Crippen LogP contribution is 2.40.